The Balaban J connectivity index is 1.38. The lowest BCUT2D eigenvalue weighted by atomic mass is 9.96. The summed E-state index contributed by atoms with van der Waals surface area (Å²) >= 11 is 1.37. The highest BCUT2D eigenvalue weighted by Crippen LogP contribution is 2.36. The summed E-state index contributed by atoms with van der Waals surface area (Å²) in [5.74, 6) is 0. The van der Waals surface area contributed by atoms with Crippen LogP contribution in [0.25, 0.3) is 26.8 Å². The molecule has 0 spiro atoms. The second-order valence-corrected chi connectivity index (χ2v) is 13.4. The Hall–Kier alpha value is -2.82. The maximum atomic E-state index is 13.2. The van der Waals surface area contributed by atoms with Crippen molar-refractivity contribution in [3.05, 3.63) is 58.3 Å². The normalized spacial score (nSPS) is 26.0. The van der Waals surface area contributed by atoms with Crippen LogP contribution >= 0.6 is 11.3 Å². The number of anilines is 1. The van der Waals surface area contributed by atoms with Gasteiger partial charge in [-0.05, 0) is 84.8 Å². The minimum absolute atomic E-state index is 0.232. The van der Waals surface area contributed by atoms with Gasteiger partial charge in [-0.15, -0.1) is 11.3 Å². The SMILES string of the molecule is CC[C@H]1OC(O)[C@H](NS(=O)(=O)/C(C#N)=C(\C)c2ccc(-c3ccc4cc(N5CCCCC5)ccc4c3)s2)[C@@H](O)[C@@H]1O. The van der Waals surface area contributed by atoms with Gasteiger partial charge in [-0.1, -0.05) is 25.1 Å². The molecule has 2 aliphatic heterocycles. The predicted molar refractivity (Wildman–Crippen MR) is 161 cm³/mol. The molecule has 5 atom stereocenters. The number of allylic oxidation sites excluding steroid dienone is 2. The lowest BCUT2D eigenvalue weighted by Gasteiger charge is -2.40. The molecule has 2 aliphatic rings. The Morgan fingerprint density at radius 1 is 1.05 bits per heavy atom. The standard InChI is InChI=1S/C30H35N3O6S2/c1-3-23-28(34)29(35)27(30(36)39-23)32-41(37,38)26(17-31)18(2)24-11-12-25(40-24)21-8-7-20-16-22(10-9-19(20)15-21)33-13-5-4-6-14-33/h7-12,15-16,23,27-30,32,34-36H,3-6,13-14H2,1-2H3/b26-18+/t23-,27-,28-,29-,30?/m1/s1. The molecule has 41 heavy (non-hydrogen) atoms. The van der Waals surface area contributed by atoms with E-state index in [1.165, 1.54) is 36.3 Å². The highest BCUT2D eigenvalue weighted by Gasteiger charge is 2.45. The zero-order chi connectivity index (χ0) is 29.3. The Morgan fingerprint density at radius 3 is 2.46 bits per heavy atom. The molecule has 0 aliphatic carbocycles. The molecule has 9 nitrogen and oxygen atoms in total. The van der Waals surface area contributed by atoms with Crippen LogP contribution in [0.4, 0.5) is 5.69 Å². The molecule has 3 aromatic rings. The summed E-state index contributed by atoms with van der Waals surface area (Å²) in [6, 6.07) is 16.6. The molecule has 5 rings (SSSR count). The lowest BCUT2D eigenvalue weighted by Crippen LogP contribution is -2.63. The largest absolute Gasteiger partial charge is 0.388 e. The first-order valence-corrected chi connectivity index (χ1v) is 16.1. The molecule has 0 amide bonds. The number of nitrogens with zero attached hydrogens (tertiary/aromatic N) is 2. The first-order valence-electron chi connectivity index (χ1n) is 13.8. The van der Waals surface area contributed by atoms with Crippen LogP contribution in [0.5, 0.6) is 0 Å². The van der Waals surface area contributed by atoms with Crippen molar-refractivity contribution in [1.82, 2.24) is 4.72 Å². The van der Waals surface area contributed by atoms with E-state index in [0.717, 1.165) is 34.3 Å². The number of sulfonamides is 1. The average molecular weight is 598 g/mol. The third-order valence-corrected chi connectivity index (χ3v) is 10.7. The Bertz CT molecular complexity index is 1590. The van der Waals surface area contributed by atoms with Crippen molar-refractivity contribution in [1.29, 1.82) is 5.26 Å². The number of nitriles is 1. The van der Waals surface area contributed by atoms with E-state index in [-0.39, 0.29) is 5.57 Å². The van der Waals surface area contributed by atoms with Crippen molar-refractivity contribution >= 4 is 43.4 Å². The van der Waals surface area contributed by atoms with Gasteiger partial charge < -0.3 is 25.0 Å². The fourth-order valence-corrected chi connectivity index (χ4v) is 7.98. The van der Waals surface area contributed by atoms with Crippen LogP contribution in [0, 0.1) is 11.3 Å². The zero-order valence-electron chi connectivity index (χ0n) is 23.0. The third-order valence-electron chi connectivity index (χ3n) is 7.93. The van der Waals surface area contributed by atoms with Crippen molar-refractivity contribution in [3.8, 4) is 16.5 Å². The molecule has 3 heterocycles. The molecule has 2 fully saturated rings. The highest BCUT2D eigenvalue weighted by atomic mass is 32.2. The third kappa shape index (κ3) is 6.05. The first-order chi connectivity index (χ1) is 19.6. The summed E-state index contributed by atoms with van der Waals surface area (Å²) in [5, 5.41) is 43.1. The smallest absolute Gasteiger partial charge is 0.251 e. The number of hydrogen-bond donors (Lipinski definition) is 4. The number of benzene rings is 2. The van der Waals surface area contributed by atoms with Gasteiger partial charge in [-0.25, -0.2) is 8.42 Å². The molecular weight excluding hydrogens is 562 g/mol. The maximum Gasteiger partial charge on any atom is 0.251 e. The van der Waals surface area contributed by atoms with Gasteiger partial charge >= 0.3 is 0 Å². The molecule has 2 aromatic carbocycles. The number of nitrogens with one attached hydrogen (secondary N) is 1. The van der Waals surface area contributed by atoms with E-state index in [4.69, 9.17) is 4.74 Å². The number of ether oxygens (including phenoxy) is 1. The van der Waals surface area contributed by atoms with Gasteiger partial charge in [0.1, 0.15) is 24.3 Å². The summed E-state index contributed by atoms with van der Waals surface area (Å²) in [5.41, 5.74) is 2.45. The Kier molecular flexibility index (Phi) is 8.82. The molecule has 218 valence electrons. The summed E-state index contributed by atoms with van der Waals surface area (Å²) in [7, 11) is -4.47. The van der Waals surface area contributed by atoms with Crippen LogP contribution in [0.1, 0.15) is 44.4 Å². The van der Waals surface area contributed by atoms with E-state index in [1.54, 1.807) is 26.0 Å². The average Bonchev–Trinajstić information content (AvgIpc) is 3.48. The van der Waals surface area contributed by atoms with Gasteiger partial charge in [-0.2, -0.15) is 9.98 Å². The maximum absolute atomic E-state index is 13.2. The van der Waals surface area contributed by atoms with Crippen molar-refractivity contribution < 1.29 is 28.5 Å². The van der Waals surface area contributed by atoms with E-state index in [1.807, 2.05) is 12.1 Å². The molecule has 2 saturated heterocycles. The summed E-state index contributed by atoms with van der Waals surface area (Å²) in [6.07, 6.45) is -1.50. The molecule has 0 bridgehead atoms. The van der Waals surface area contributed by atoms with Crippen LogP contribution in [-0.4, -0.2) is 67.5 Å². The van der Waals surface area contributed by atoms with Crippen molar-refractivity contribution in [3.63, 3.8) is 0 Å². The number of aliphatic hydroxyl groups is 3. The monoisotopic (exact) mass is 597 g/mol. The molecule has 0 radical (unpaired) electrons. The quantitative estimate of drug-likeness (QED) is 0.300. The minimum Gasteiger partial charge on any atom is -0.388 e. The van der Waals surface area contributed by atoms with Crippen molar-refractivity contribution in [2.24, 2.45) is 0 Å². The van der Waals surface area contributed by atoms with Crippen LogP contribution in [0.3, 0.4) is 0 Å². The topological polar surface area (TPSA) is 143 Å². The second-order valence-electron chi connectivity index (χ2n) is 10.6. The van der Waals surface area contributed by atoms with Crippen LogP contribution in [-0.2, 0) is 14.8 Å². The summed E-state index contributed by atoms with van der Waals surface area (Å²) in [6.45, 7) is 5.42. The number of rotatable bonds is 7. The van der Waals surface area contributed by atoms with Gasteiger partial charge in [0.25, 0.3) is 10.0 Å². The fraction of sp³-hybridized carbons (Fsp3) is 0.433. The van der Waals surface area contributed by atoms with Crippen LogP contribution in [0.2, 0.25) is 0 Å². The molecule has 11 heteroatoms. The predicted octanol–water partition coefficient (Wildman–Crippen LogP) is 3.95. The number of aliphatic hydroxyl groups excluding tert-OH is 3. The first kappa shape index (κ1) is 29.7. The molecule has 1 aromatic heterocycles. The molecular formula is C30H35N3O6S2. The molecule has 0 saturated carbocycles. The van der Waals surface area contributed by atoms with E-state index in [9.17, 15) is 29.0 Å². The number of fused-ring (bicyclic) bond motifs is 1. The number of piperidine rings is 1. The molecule has 1 unspecified atom stereocenters. The van der Waals surface area contributed by atoms with Crippen molar-refractivity contribution in [2.75, 3.05) is 18.0 Å². The van der Waals surface area contributed by atoms with Gasteiger partial charge in [0.05, 0.1) is 6.10 Å². The van der Waals surface area contributed by atoms with Gasteiger partial charge in [0.2, 0.25) is 0 Å². The van der Waals surface area contributed by atoms with E-state index < -0.39 is 45.6 Å². The minimum atomic E-state index is -4.47. The van der Waals surface area contributed by atoms with E-state index in [0.29, 0.717) is 11.3 Å². The summed E-state index contributed by atoms with van der Waals surface area (Å²) in [4.78, 5) is 3.40. The van der Waals surface area contributed by atoms with Gasteiger partial charge in [0, 0.05) is 28.5 Å². The fourth-order valence-electron chi connectivity index (χ4n) is 5.54. The van der Waals surface area contributed by atoms with Crippen molar-refractivity contribution in [2.45, 2.75) is 70.2 Å². The number of thiophene rings is 1. The van der Waals surface area contributed by atoms with Gasteiger partial charge in [0.15, 0.2) is 11.2 Å². The Morgan fingerprint density at radius 2 is 1.76 bits per heavy atom. The molecule has 4 N–H and O–H groups in total. The second kappa shape index (κ2) is 12.2. The van der Waals surface area contributed by atoms with E-state index >= 15 is 0 Å². The van der Waals surface area contributed by atoms with E-state index in [2.05, 4.69) is 40.0 Å². The lowest BCUT2D eigenvalue weighted by molar-refractivity contribution is -0.244. The highest BCUT2D eigenvalue weighted by molar-refractivity contribution is 7.93. The Labute approximate surface area is 244 Å². The van der Waals surface area contributed by atoms with Crippen LogP contribution < -0.4 is 9.62 Å². The number of hydrogen-bond acceptors (Lipinski definition) is 9. The summed E-state index contributed by atoms with van der Waals surface area (Å²) < 4.78 is 33.9. The van der Waals surface area contributed by atoms with Crippen LogP contribution in [0.15, 0.2) is 53.4 Å². The zero-order valence-corrected chi connectivity index (χ0v) is 24.7. The van der Waals surface area contributed by atoms with Gasteiger partial charge in [-0.3, -0.25) is 0 Å².